The van der Waals surface area contributed by atoms with Gasteiger partial charge >= 0.3 is 0 Å². The van der Waals surface area contributed by atoms with Crippen LogP contribution in [0.1, 0.15) is 25.0 Å². The number of hydrogen-bond acceptors (Lipinski definition) is 3. The van der Waals surface area contributed by atoms with Crippen molar-refractivity contribution in [3.05, 3.63) is 22.8 Å². The van der Waals surface area contributed by atoms with Crippen LogP contribution < -0.4 is 4.90 Å². The Morgan fingerprint density at radius 2 is 2.27 bits per heavy atom. The normalized spacial score (nSPS) is 16.2. The van der Waals surface area contributed by atoms with Crippen molar-refractivity contribution in [3.63, 3.8) is 0 Å². The van der Waals surface area contributed by atoms with Gasteiger partial charge in [0.25, 0.3) is 0 Å². The van der Waals surface area contributed by atoms with E-state index < -0.39 is 0 Å². The van der Waals surface area contributed by atoms with Gasteiger partial charge < -0.3 is 10.0 Å². The molecule has 0 bridgehead atoms. The number of aliphatic hydroxyl groups excluding tert-OH is 1. The van der Waals surface area contributed by atoms with Crippen LogP contribution in [0.15, 0.2) is 12.1 Å². The minimum absolute atomic E-state index is 0.106. The first-order valence-electron chi connectivity index (χ1n) is 5.21. The molecule has 0 saturated heterocycles. The van der Waals surface area contributed by atoms with Crippen molar-refractivity contribution in [2.45, 2.75) is 31.9 Å². The van der Waals surface area contributed by atoms with Gasteiger partial charge in [0.2, 0.25) is 0 Å². The summed E-state index contributed by atoms with van der Waals surface area (Å²) in [4.78, 5) is 6.50. The third kappa shape index (κ3) is 2.08. The molecule has 0 aromatic carbocycles. The summed E-state index contributed by atoms with van der Waals surface area (Å²) in [6.07, 6.45) is 3.76. The smallest absolute Gasteiger partial charge is 0.129 e. The topological polar surface area (TPSA) is 36.4 Å². The van der Waals surface area contributed by atoms with E-state index in [0.717, 1.165) is 5.82 Å². The van der Waals surface area contributed by atoms with Gasteiger partial charge in [-0.2, -0.15) is 0 Å². The first-order chi connectivity index (χ1) is 7.22. The number of halogens is 1. The van der Waals surface area contributed by atoms with Crippen LogP contribution in [-0.2, 0) is 6.61 Å². The van der Waals surface area contributed by atoms with E-state index in [9.17, 15) is 0 Å². The van der Waals surface area contributed by atoms with Crippen LogP contribution in [0.5, 0.6) is 0 Å². The van der Waals surface area contributed by atoms with Crippen LogP contribution in [0, 0.1) is 0 Å². The molecule has 1 aromatic heterocycles. The minimum atomic E-state index is -0.106. The number of hydrogen-bond donors (Lipinski definition) is 1. The van der Waals surface area contributed by atoms with E-state index in [2.05, 4.69) is 9.88 Å². The molecule has 0 atom stereocenters. The summed E-state index contributed by atoms with van der Waals surface area (Å²) in [6.45, 7) is -0.106. The number of aromatic nitrogens is 1. The number of anilines is 1. The van der Waals surface area contributed by atoms with Crippen LogP contribution in [0.2, 0.25) is 5.02 Å². The van der Waals surface area contributed by atoms with Gasteiger partial charge in [-0.05, 0) is 31.4 Å². The lowest BCUT2D eigenvalue weighted by atomic mass is 9.92. The Morgan fingerprint density at radius 3 is 2.80 bits per heavy atom. The van der Waals surface area contributed by atoms with Crippen molar-refractivity contribution in [3.8, 4) is 0 Å². The van der Waals surface area contributed by atoms with Crippen molar-refractivity contribution in [2.24, 2.45) is 0 Å². The van der Waals surface area contributed by atoms with Crippen molar-refractivity contribution in [1.29, 1.82) is 0 Å². The highest BCUT2D eigenvalue weighted by atomic mass is 35.5. The summed E-state index contributed by atoms with van der Waals surface area (Å²) in [7, 11) is 2.04. The molecule has 1 fully saturated rings. The van der Waals surface area contributed by atoms with Gasteiger partial charge in [-0.3, -0.25) is 0 Å². The predicted octanol–water partition coefficient (Wildman–Crippen LogP) is 2.22. The van der Waals surface area contributed by atoms with E-state index in [1.807, 2.05) is 13.1 Å². The third-order valence-corrected chi connectivity index (χ3v) is 3.38. The standard InChI is InChI=1S/C11H15ClN2O/c1-14(8-3-2-4-8)11-6-5-9(12)10(7-15)13-11/h5-6,8,15H,2-4,7H2,1H3. The van der Waals surface area contributed by atoms with Crippen molar-refractivity contribution in [1.82, 2.24) is 4.98 Å². The molecule has 15 heavy (non-hydrogen) atoms. The molecule has 0 amide bonds. The second-order valence-corrected chi connectivity index (χ2v) is 4.36. The zero-order chi connectivity index (χ0) is 10.8. The molecular weight excluding hydrogens is 212 g/mol. The fraction of sp³-hybridized carbons (Fsp3) is 0.545. The molecule has 3 nitrogen and oxygen atoms in total. The summed E-state index contributed by atoms with van der Waals surface area (Å²) in [5, 5.41) is 9.60. The molecule has 2 rings (SSSR count). The Labute approximate surface area is 94.7 Å². The molecule has 0 radical (unpaired) electrons. The van der Waals surface area contributed by atoms with Gasteiger partial charge in [-0.15, -0.1) is 0 Å². The van der Waals surface area contributed by atoms with Gasteiger partial charge in [0.15, 0.2) is 0 Å². The van der Waals surface area contributed by atoms with Crippen LogP contribution in [0.4, 0.5) is 5.82 Å². The second kappa shape index (κ2) is 4.37. The average Bonchev–Trinajstić information content (AvgIpc) is 2.15. The van der Waals surface area contributed by atoms with Crippen LogP contribution in [-0.4, -0.2) is 23.2 Å². The molecule has 1 heterocycles. The van der Waals surface area contributed by atoms with E-state index in [4.69, 9.17) is 16.7 Å². The Balaban J connectivity index is 2.20. The first kappa shape index (κ1) is 10.7. The zero-order valence-electron chi connectivity index (χ0n) is 8.78. The molecule has 1 aliphatic rings. The van der Waals surface area contributed by atoms with Crippen LogP contribution >= 0.6 is 11.6 Å². The maximum absolute atomic E-state index is 9.07. The van der Waals surface area contributed by atoms with Crippen LogP contribution in [0.25, 0.3) is 0 Å². The lowest BCUT2D eigenvalue weighted by molar-refractivity contribution is 0.277. The second-order valence-electron chi connectivity index (χ2n) is 3.95. The lowest BCUT2D eigenvalue weighted by Gasteiger charge is -2.35. The Bertz CT molecular complexity index is 352. The largest absolute Gasteiger partial charge is 0.390 e. The van der Waals surface area contributed by atoms with Gasteiger partial charge in [-0.1, -0.05) is 11.6 Å². The highest BCUT2D eigenvalue weighted by Crippen LogP contribution is 2.28. The quantitative estimate of drug-likeness (QED) is 0.859. The van der Waals surface area contributed by atoms with Crippen molar-refractivity contribution in [2.75, 3.05) is 11.9 Å². The van der Waals surface area contributed by atoms with Gasteiger partial charge in [-0.25, -0.2) is 4.98 Å². The van der Waals surface area contributed by atoms with E-state index in [1.54, 1.807) is 6.07 Å². The Morgan fingerprint density at radius 1 is 1.53 bits per heavy atom. The van der Waals surface area contributed by atoms with Gasteiger partial charge in [0.1, 0.15) is 5.82 Å². The number of nitrogens with zero attached hydrogens (tertiary/aromatic N) is 2. The summed E-state index contributed by atoms with van der Waals surface area (Å²) < 4.78 is 0. The third-order valence-electron chi connectivity index (χ3n) is 3.04. The number of aliphatic hydroxyl groups is 1. The maximum Gasteiger partial charge on any atom is 0.129 e. The summed E-state index contributed by atoms with van der Waals surface area (Å²) in [6, 6.07) is 4.30. The molecule has 1 aliphatic carbocycles. The van der Waals surface area contributed by atoms with Gasteiger partial charge in [0.05, 0.1) is 17.3 Å². The minimum Gasteiger partial charge on any atom is -0.390 e. The first-order valence-corrected chi connectivity index (χ1v) is 5.59. The molecule has 1 saturated carbocycles. The van der Waals surface area contributed by atoms with E-state index in [-0.39, 0.29) is 6.61 Å². The van der Waals surface area contributed by atoms with E-state index in [1.165, 1.54) is 19.3 Å². The highest BCUT2D eigenvalue weighted by molar-refractivity contribution is 6.31. The zero-order valence-corrected chi connectivity index (χ0v) is 9.54. The summed E-state index contributed by atoms with van der Waals surface area (Å²) >= 11 is 5.89. The fourth-order valence-corrected chi connectivity index (χ4v) is 1.91. The maximum atomic E-state index is 9.07. The monoisotopic (exact) mass is 226 g/mol. The average molecular weight is 227 g/mol. The molecule has 4 heteroatoms. The molecular formula is C11H15ClN2O. The fourth-order valence-electron chi connectivity index (χ4n) is 1.74. The van der Waals surface area contributed by atoms with Crippen molar-refractivity contribution < 1.29 is 5.11 Å². The molecule has 0 aliphatic heterocycles. The molecule has 1 N–H and O–H groups in total. The van der Waals surface area contributed by atoms with E-state index >= 15 is 0 Å². The van der Waals surface area contributed by atoms with Crippen molar-refractivity contribution >= 4 is 17.4 Å². The molecule has 1 aromatic rings. The molecule has 0 spiro atoms. The Kier molecular flexibility index (Phi) is 3.12. The molecule has 82 valence electrons. The van der Waals surface area contributed by atoms with Gasteiger partial charge in [0, 0.05) is 13.1 Å². The van der Waals surface area contributed by atoms with Crippen LogP contribution in [0.3, 0.4) is 0 Å². The summed E-state index contributed by atoms with van der Waals surface area (Å²) in [5.41, 5.74) is 0.556. The SMILES string of the molecule is CN(c1ccc(Cl)c(CO)n1)C1CCC1. The lowest BCUT2D eigenvalue weighted by Crippen LogP contribution is -2.37. The number of rotatable bonds is 3. The number of pyridine rings is 1. The highest BCUT2D eigenvalue weighted by Gasteiger charge is 2.23. The van der Waals surface area contributed by atoms with E-state index in [0.29, 0.717) is 16.8 Å². The molecule has 0 unspecified atom stereocenters. The summed E-state index contributed by atoms with van der Waals surface area (Å²) in [5.74, 6) is 0.896. The predicted molar refractivity (Wildman–Crippen MR) is 61.2 cm³/mol. The Hall–Kier alpha value is -0.800.